The van der Waals surface area contributed by atoms with E-state index in [1.807, 2.05) is 22.6 Å². The van der Waals surface area contributed by atoms with Crippen LogP contribution in [-0.2, 0) is 0 Å². The summed E-state index contributed by atoms with van der Waals surface area (Å²) in [6.45, 7) is 2.55. The molecule has 1 aromatic rings. The van der Waals surface area contributed by atoms with Gasteiger partial charge in [-0.15, -0.1) is 11.8 Å². The Balaban J connectivity index is 2.65. The number of nitro benzene ring substituents is 1. The summed E-state index contributed by atoms with van der Waals surface area (Å²) in [5.41, 5.74) is 1.02. The Morgan fingerprint density at radius 2 is 2.31 bits per heavy atom. The standard InChI is InChI=1S/C11H11IN2O2/c1-2-3-4-7-13-9-5-6-11(14(15)16)10(12)8-9/h5-6,8,13H,4,7H2,1H3. The van der Waals surface area contributed by atoms with E-state index >= 15 is 0 Å². The molecule has 0 saturated heterocycles. The van der Waals surface area contributed by atoms with Crippen LogP contribution in [0.4, 0.5) is 11.4 Å². The smallest absolute Gasteiger partial charge is 0.282 e. The fourth-order valence-corrected chi connectivity index (χ4v) is 1.87. The van der Waals surface area contributed by atoms with Crippen molar-refractivity contribution in [2.24, 2.45) is 0 Å². The Hall–Kier alpha value is -1.29. The predicted molar refractivity (Wildman–Crippen MR) is 72.4 cm³/mol. The molecule has 1 N–H and O–H groups in total. The molecule has 0 heterocycles. The zero-order chi connectivity index (χ0) is 12.0. The first-order valence-electron chi connectivity index (χ1n) is 4.72. The van der Waals surface area contributed by atoms with Crippen LogP contribution in [0.5, 0.6) is 0 Å². The largest absolute Gasteiger partial charge is 0.384 e. The molecule has 0 amide bonds. The highest BCUT2D eigenvalue weighted by molar-refractivity contribution is 14.1. The number of anilines is 1. The number of nitrogens with zero attached hydrogens (tertiary/aromatic N) is 1. The molecule has 0 saturated carbocycles. The molecule has 4 nitrogen and oxygen atoms in total. The van der Waals surface area contributed by atoms with Gasteiger partial charge >= 0.3 is 0 Å². The van der Waals surface area contributed by atoms with Crippen molar-refractivity contribution in [1.29, 1.82) is 0 Å². The summed E-state index contributed by atoms with van der Waals surface area (Å²) in [5, 5.41) is 13.8. The number of rotatable bonds is 4. The van der Waals surface area contributed by atoms with E-state index in [9.17, 15) is 10.1 Å². The van der Waals surface area contributed by atoms with E-state index < -0.39 is 0 Å². The van der Waals surface area contributed by atoms with Gasteiger partial charge in [0.25, 0.3) is 5.69 Å². The van der Waals surface area contributed by atoms with Crippen LogP contribution in [0, 0.1) is 25.5 Å². The van der Waals surface area contributed by atoms with E-state index in [-0.39, 0.29) is 10.6 Å². The van der Waals surface area contributed by atoms with Gasteiger partial charge in [0, 0.05) is 24.7 Å². The quantitative estimate of drug-likeness (QED) is 0.304. The van der Waals surface area contributed by atoms with Crippen molar-refractivity contribution < 1.29 is 4.92 Å². The summed E-state index contributed by atoms with van der Waals surface area (Å²) >= 11 is 1.96. The van der Waals surface area contributed by atoms with Crippen LogP contribution >= 0.6 is 22.6 Å². The minimum atomic E-state index is -0.381. The van der Waals surface area contributed by atoms with Crippen LogP contribution in [0.1, 0.15) is 13.3 Å². The number of nitro groups is 1. The Bertz CT molecular complexity index is 449. The van der Waals surface area contributed by atoms with Gasteiger partial charge in [0.2, 0.25) is 0 Å². The molecule has 5 heteroatoms. The van der Waals surface area contributed by atoms with E-state index in [1.54, 1.807) is 19.1 Å². The van der Waals surface area contributed by atoms with Crippen molar-refractivity contribution in [1.82, 2.24) is 0 Å². The first-order valence-corrected chi connectivity index (χ1v) is 5.80. The van der Waals surface area contributed by atoms with Crippen molar-refractivity contribution in [3.63, 3.8) is 0 Å². The second-order valence-corrected chi connectivity index (χ2v) is 4.19. The van der Waals surface area contributed by atoms with Crippen LogP contribution in [0.15, 0.2) is 18.2 Å². The fraction of sp³-hybridized carbons (Fsp3) is 0.273. The molecule has 0 aliphatic rings. The molecule has 0 radical (unpaired) electrons. The minimum absolute atomic E-state index is 0.138. The van der Waals surface area contributed by atoms with Gasteiger partial charge in [-0.25, -0.2) is 0 Å². The lowest BCUT2D eigenvalue weighted by Crippen LogP contribution is -2.01. The lowest BCUT2D eigenvalue weighted by atomic mass is 10.3. The second kappa shape index (κ2) is 6.33. The Morgan fingerprint density at radius 3 is 2.88 bits per heavy atom. The third kappa shape index (κ3) is 3.70. The van der Waals surface area contributed by atoms with E-state index in [1.165, 1.54) is 6.07 Å². The summed E-state index contributed by atoms with van der Waals surface area (Å²) in [7, 11) is 0. The Morgan fingerprint density at radius 1 is 1.56 bits per heavy atom. The SMILES string of the molecule is CC#CCCNc1ccc([N+](=O)[O-])c(I)c1. The number of halogens is 1. The molecule has 1 rings (SSSR count). The molecule has 0 bridgehead atoms. The average Bonchev–Trinajstić information content (AvgIpc) is 2.24. The van der Waals surface area contributed by atoms with Gasteiger partial charge in [-0.2, -0.15) is 0 Å². The first kappa shape index (κ1) is 12.8. The zero-order valence-electron chi connectivity index (χ0n) is 8.79. The molecule has 84 valence electrons. The molecule has 0 aliphatic heterocycles. The predicted octanol–water partition coefficient (Wildman–Crippen LogP) is 3.02. The number of hydrogen-bond donors (Lipinski definition) is 1. The third-order valence-corrected chi connectivity index (χ3v) is 2.76. The highest BCUT2D eigenvalue weighted by Gasteiger charge is 2.10. The lowest BCUT2D eigenvalue weighted by molar-refractivity contribution is -0.385. The average molecular weight is 330 g/mol. The normalized spacial score (nSPS) is 9.12. The maximum absolute atomic E-state index is 10.6. The molecular formula is C11H11IN2O2. The summed E-state index contributed by atoms with van der Waals surface area (Å²) in [5.74, 6) is 5.75. The van der Waals surface area contributed by atoms with E-state index in [4.69, 9.17) is 0 Å². The monoisotopic (exact) mass is 330 g/mol. The molecule has 0 aliphatic carbocycles. The number of nitrogens with one attached hydrogen (secondary N) is 1. The summed E-state index contributed by atoms with van der Waals surface area (Å²) < 4.78 is 0.633. The number of benzene rings is 1. The van der Waals surface area contributed by atoms with Gasteiger partial charge in [-0.1, -0.05) is 0 Å². The zero-order valence-corrected chi connectivity index (χ0v) is 10.9. The Labute approximate surface area is 108 Å². The molecule has 0 aromatic heterocycles. The van der Waals surface area contributed by atoms with E-state index in [2.05, 4.69) is 17.2 Å². The van der Waals surface area contributed by atoms with Gasteiger partial charge in [0.1, 0.15) is 0 Å². The van der Waals surface area contributed by atoms with Crippen molar-refractivity contribution in [3.05, 3.63) is 31.9 Å². The summed E-state index contributed by atoms with van der Waals surface area (Å²) in [4.78, 5) is 10.2. The van der Waals surface area contributed by atoms with Gasteiger partial charge in [0.15, 0.2) is 0 Å². The molecule has 16 heavy (non-hydrogen) atoms. The third-order valence-electron chi connectivity index (χ3n) is 1.90. The summed E-state index contributed by atoms with van der Waals surface area (Å²) in [6, 6.07) is 4.98. The van der Waals surface area contributed by atoms with Crippen LogP contribution in [0.2, 0.25) is 0 Å². The highest BCUT2D eigenvalue weighted by atomic mass is 127. The molecule has 0 unspecified atom stereocenters. The topological polar surface area (TPSA) is 55.2 Å². The molecule has 1 aromatic carbocycles. The van der Waals surface area contributed by atoms with Crippen LogP contribution in [0.25, 0.3) is 0 Å². The van der Waals surface area contributed by atoms with E-state index in [0.717, 1.165) is 18.7 Å². The highest BCUT2D eigenvalue weighted by Crippen LogP contribution is 2.23. The van der Waals surface area contributed by atoms with Crippen molar-refractivity contribution >= 4 is 34.0 Å². The van der Waals surface area contributed by atoms with Gasteiger partial charge < -0.3 is 5.32 Å². The van der Waals surface area contributed by atoms with Gasteiger partial charge in [-0.05, 0) is 41.6 Å². The summed E-state index contributed by atoms with van der Waals surface area (Å²) in [6.07, 6.45) is 0.768. The molecule has 0 fully saturated rings. The van der Waals surface area contributed by atoms with Crippen LogP contribution in [-0.4, -0.2) is 11.5 Å². The Kier molecular flexibility index (Phi) is 5.05. The molecular weight excluding hydrogens is 319 g/mol. The van der Waals surface area contributed by atoms with E-state index in [0.29, 0.717) is 3.57 Å². The van der Waals surface area contributed by atoms with Crippen molar-refractivity contribution in [2.45, 2.75) is 13.3 Å². The number of hydrogen-bond acceptors (Lipinski definition) is 3. The van der Waals surface area contributed by atoms with Crippen molar-refractivity contribution in [2.75, 3.05) is 11.9 Å². The minimum Gasteiger partial charge on any atom is -0.384 e. The van der Waals surface area contributed by atoms with Gasteiger partial charge in [-0.3, -0.25) is 10.1 Å². The van der Waals surface area contributed by atoms with Crippen LogP contribution in [0.3, 0.4) is 0 Å². The second-order valence-electron chi connectivity index (χ2n) is 3.03. The van der Waals surface area contributed by atoms with Crippen molar-refractivity contribution in [3.8, 4) is 11.8 Å². The maximum atomic E-state index is 10.6. The first-order chi connectivity index (χ1) is 7.65. The lowest BCUT2D eigenvalue weighted by Gasteiger charge is -2.04. The van der Waals surface area contributed by atoms with Crippen LogP contribution < -0.4 is 5.32 Å². The maximum Gasteiger partial charge on any atom is 0.282 e. The van der Waals surface area contributed by atoms with Gasteiger partial charge in [0.05, 0.1) is 8.49 Å². The molecule has 0 atom stereocenters. The fourth-order valence-electron chi connectivity index (χ4n) is 1.16. The molecule has 0 spiro atoms.